The summed E-state index contributed by atoms with van der Waals surface area (Å²) in [6, 6.07) is 0. The molecule has 0 aromatic rings. The van der Waals surface area contributed by atoms with Gasteiger partial charge in [0, 0.05) is 0 Å². The molecule has 0 amide bonds. The molecule has 0 aromatic heterocycles. The monoisotopic (exact) mass is 334 g/mol. The van der Waals surface area contributed by atoms with Crippen molar-refractivity contribution in [2.75, 3.05) is 0 Å². The Bertz CT molecular complexity index is 90.8. The van der Waals surface area contributed by atoms with Crippen molar-refractivity contribution in [1.29, 1.82) is 0 Å². The minimum atomic E-state index is -1.72. The van der Waals surface area contributed by atoms with Crippen LogP contribution in [0.2, 0.25) is 18.5 Å². The zero-order valence-corrected chi connectivity index (χ0v) is 10.4. The van der Waals surface area contributed by atoms with Crippen LogP contribution in [0, 0.1) is 0 Å². The second-order valence-corrected chi connectivity index (χ2v) is 42.7. The molecule has 50 valence electrons. The molecule has 1 saturated heterocycles. The third-order valence-corrected chi connectivity index (χ3v) is 18.1. The van der Waals surface area contributed by atoms with Crippen molar-refractivity contribution >= 4 is 31.9 Å². The molecule has 1 rings (SSSR count). The molecular formula is C6H14ISb. The van der Waals surface area contributed by atoms with E-state index >= 15 is 0 Å². The van der Waals surface area contributed by atoms with E-state index in [-0.39, 0.29) is 0 Å². The summed E-state index contributed by atoms with van der Waals surface area (Å²) in [4.78, 5) is 5.14. The molecule has 0 radical (unpaired) electrons. The number of halogens is 1. The van der Waals surface area contributed by atoms with Crippen LogP contribution in [-0.4, -0.2) is 13.4 Å². The quantitative estimate of drug-likeness (QED) is 0.470. The van der Waals surface area contributed by atoms with E-state index in [1.54, 1.807) is 8.73 Å². The van der Waals surface area contributed by atoms with E-state index in [9.17, 15) is 0 Å². The fraction of sp³-hybridized carbons (Fsp3) is 1.00. The summed E-state index contributed by atoms with van der Waals surface area (Å²) in [5.74, 6) is 0. The first-order valence-electron chi connectivity index (χ1n) is 3.20. The summed E-state index contributed by atoms with van der Waals surface area (Å²) in [5.41, 5.74) is 0. The summed E-state index contributed by atoms with van der Waals surface area (Å²) in [5, 5.41) is 0. The van der Waals surface area contributed by atoms with Crippen molar-refractivity contribution in [2.24, 2.45) is 0 Å². The Labute approximate surface area is 62.5 Å². The van der Waals surface area contributed by atoms with Gasteiger partial charge in [0.1, 0.15) is 0 Å². The van der Waals surface area contributed by atoms with Gasteiger partial charge >= 0.3 is 63.2 Å². The van der Waals surface area contributed by atoms with Crippen molar-refractivity contribution in [1.82, 2.24) is 0 Å². The minimum absolute atomic E-state index is 1.53. The maximum atomic E-state index is 2.80. The van der Waals surface area contributed by atoms with E-state index in [2.05, 4.69) is 28.2 Å². The Balaban J connectivity index is 2.67. The number of hydrogen-bond acceptors (Lipinski definition) is 0. The van der Waals surface area contributed by atoms with Gasteiger partial charge < -0.3 is 0 Å². The zero-order valence-electron chi connectivity index (χ0n) is 5.65. The Morgan fingerprint density at radius 2 is 1.50 bits per heavy atom. The first-order chi connectivity index (χ1) is 3.47. The standard InChI is InChI=1S/C4H8.2CH3.HI.Sb/c1-3-4-2;;;;/h1-4H2;2*1H3;1H;/q;;;;+1/p-1. The predicted molar refractivity (Wildman–Crippen MR) is 50.4 cm³/mol. The van der Waals surface area contributed by atoms with Gasteiger partial charge in [-0.2, -0.15) is 0 Å². The summed E-state index contributed by atoms with van der Waals surface area (Å²) in [7, 11) is 0. The van der Waals surface area contributed by atoms with Crippen LogP contribution in [0.15, 0.2) is 0 Å². The van der Waals surface area contributed by atoms with E-state index in [0.717, 1.165) is 0 Å². The Morgan fingerprint density at radius 3 is 1.62 bits per heavy atom. The second-order valence-electron chi connectivity index (χ2n) is 3.67. The molecule has 8 heavy (non-hydrogen) atoms. The van der Waals surface area contributed by atoms with Gasteiger partial charge in [-0.15, -0.1) is 0 Å². The molecule has 0 atom stereocenters. The molecule has 0 saturated carbocycles. The third kappa shape index (κ3) is 2.06. The molecule has 0 aromatic carbocycles. The summed E-state index contributed by atoms with van der Waals surface area (Å²) >= 11 is 1.08. The summed E-state index contributed by atoms with van der Waals surface area (Å²) in [6.45, 7) is 0. The maximum absolute atomic E-state index is 2.80. The van der Waals surface area contributed by atoms with Crippen molar-refractivity contribution in [3.63, 3.8) is 0 Å². The summed E-state index contributed by atoms with van der Waals surface area (Å²) in [6.07, 6.45) is 3.05. The molecule has 0 unspecified atom stereocenters. The topological polar surface area (TPSA) is 0 Å². The van der Waals surface area contributed by atoms with Crippen LogP contribution < -0.4 is 0 Å². The van der Waals surface area contributed by atoms with Crippen LogP contribution in [0.4, 0.5) is 0 Å². The summed E-state index contributed by atoms with van der Waals surface area (Å²) < 4.78 is 3.21. The first-order valence-corrected chi connectivity index (χ1v) is 19.3. The van der Waals surface area contributed by atoms with E-state index in [1.165, 1.54) is 12.8 Å². The van der Waals surface area contributed by atoms with Crippen LogP contribution in [0.5, 0.6) is 0 Å². The van der Waals surface area contributed by atoms with Crippen LogP contribution in [-0.2, 0) is 0 Å². The molecule has 0 aliphatic carbocycles. The van der Waals surface area contributed by atoms with Crippen LogP contribution in [0.3, 0.4) is 0 Å². The van der Waals surface area contributed by atoms with Gasteiger partial charge in [0.15, 0.2) is 0 Å². The van der Waals surface area contributed by atoms with Crippen molar-refractivity contribution in [3.8, 4) is 0 Å². The van der Waals surface area contributed by atoms with Gasteiger partial charge in [-0.1, -0.05) is 0 Å². The molecule has 1 heterocycles. The van der Waals surface area contributed by atoms with Crippen molar-refractivity contribution < 1.29 is 0 Å². The van der Waals surface area contributed by atoms with Gasteiger partial charge in [-0.3, -0.25) is 0 Å². The van der Waals surface area contributed by atoms with Crippen LogP contribution in [0.25, 0.3) is 0 Å². The van der Waals surface area contributed by atoms with Gasteiger partial charge in [0.05, 0.1) is 0 Å². The number of hydrogen-bond donors (Lipinski definition) is 0. The van der Waals surface area contributed by atoms with Crippen LogP contribution in [0.1, 0.15) is 12.8 Å². The molecule has 1 aliphatic heterocycles. The Morgan fingerprint density at radius 1 is 1.12 bits per heavy atom. The zero-order chi connectivity index (χ0) is 6.28. The van der Waals surface area contributed by atoms with Gasteiger partial charge in [0.2, 0.25) is 0 Å². The predicted octanol–water partition coefficient (Wildman–Crippen LogP) is 3.37. The first kappa shape index (κ1) is 7.65. The molecule has 1 aliphatic rings. The van der Waals surface area contributed by atoms with Crippen LogP contribution >= 0.6 is 18.5 Å². The average Bonchev–Trinajstić information content (AvgIpc) is 1.81. The molecule has 2 heteroatoms. The van der Waals surface area contributed by atoms with E-state index in [4.69, 9.17) is 0 Å². The fourth-order valence-corrected chi connectivity index (χ4v) is 13.4. The van der Waals surface area contributed by atoms with Crippen molar-refractivity contribution in [3.05, 3.63) is 0 Å². The molecule has 0 nitrogen and oxygen atoms in total. The van der Waals surface area contributed by atoms with Gasteiger partial charge in [-0.25, -0.2) is 0 Å². The molecule has 0 bridgehead atoms. The van der Waals surface area contributed by atoms with E-state index in [0.29, 0.717) is 0 Å². The Kier molecular flexibility index (Phi) is 1.93. The molecule has 0 spiro atoms. The number of rotatable bonds is 0. The van der Waals surface area contributed by atoms with E-state index < -0.39 is 13.4 Å². The molecule has 1 fully saturated rings. The van der Waals surface area contributed by atoms with E-state index in [1.807, 2.05) is 0 Å². The third-order valence-electron chi connectivity index (χ3n) is 1.95. The molecular weight excluding hydrogens is 321 g/mol. The fourth-order valence-electron chi connectivity index (χ4n) is 1.31. The Hall–Kier alpha value is 1.55. The van der Waals surface area contributed by atoms with Gasteiger partial charge in [-0.05, 0) is 0 Å². The average molecular weight is 335 g/mol. The van der Waals surface area contributed by atoms with Gasteiger partial charge in [0.25, 0.3) is 0 Å². The molecule has 0 N–H and O–H groups in total. The van der Waals surface area contributed by atoms with Crippen molar-refractivity contribution in [2.45, 2.75) is 31.3 Å². The SMILES string of the molecule is [CH3][Sb]1([CH3])([I])[CH2]CC[CH2]1. The normalized spacial score (nSPS) is 38.1. The second kappa shape index (κ2) is 2.01.